The summed E-state index contributed by atoms with van der Waals surface area (Å²) in [6, 6.07) is 3.86. The molecule has 0 aromatic carbocycles. The highest BCUT2D eigenvalue weighted by atomic mass is 16.7. The van der Waals surface area contributed by atoms with Crippen LogP contribution in [0.4, 0.5) is 0 Å². The maximum atomic E-state index is 12.0. The summed E-state index contributed by atoms with van der Waals surface area (Å²) in [4.78, 5) is 16.7. The van der Waals surface area contributed by atoms with E-state index in [4.69, 9.17) is 23.9 Å². The van der Waals surface area contributed by atoms with Crippen LogP contribution in [0.25, 0.3) is 11.4 Å². The van der Waals surface area contributed by atoms with E-state index < -0.39 is 0 Å². The lowest BCUT2D eigenvalue weighted by molar-refractivity contribution is -0.169. The van der Waals surface area contributed by atoms with Crippen LogP contribution >= 0.6 is 0 Å². The Balaban J connectivity index is 1.36. The number of nitrogens with zero attached hydrogens (tertiary/aromatic N) is 4. The summed E-state index contributed by atoms with van der Waals surface area (Å²) in [6.07, 6.45) is 6.14. The Labute approximate surface area is 201 Å². The number of ether oxygens (including phenoxy) is 4. The maximum absolute atomic E-state index is 12.0. The minimum atomic E-state index is -0.176. The van der Waals surface area contributed by atoms with Crippen LogP contribution in [0.3, 0.4) is 0 Å². The molecule has 1 saturated heterocycles. The van der Waals surface area contributed by atoms with Crippen LogP contribution in [0.1, 0.15) is 70.2 Å². The van der Waals surface area contributed by atoms with E-state index in [1.165, 1.54) is 0 Å². The molecule has 2 aliphatic rings. The highest BCUT2D eigenvalue weighted by molar-refractivity contribution is 5.69. The quantitative estimate of drug-likeness (QED) is 0.503. The van der Waals surface area contributed by atoms with E-state index in [1.807, 2.05) is 40.0 Å². The molecule has 2 fully saturated rings. The lowest BCUT2D eigenvalue weighted by Gasteiger charge is -2.22. The fourth-order valence-electron chi connectivity index (χ4n) is 4.60. The van der Waals surface area contributed by atoms with Gasteiger partial charge in [0, 0.05) is 20.1 Å². The van der Waals surface area contributed by atoms with Crippen molar-refractivity contribution in [1.29, 1.82) is 0 Å². The number of esters is 1. The Morgan fingerprint density at radius 3 is 2.82 bits per heavy atom. The lowest BCUT2D eigenvalue weighted by Crippen LogP contribution is -2.22. The summed E-state index contributed by atoms with van der Waals surface area (Å²) in [7, 11) is 1.86. The van der Waals surface area contributed by atoms with Crippen molar-refractivity contribution >= 4 is 5.97 Å². The van der Waals surface area contributed by atoms with Gasteiger partial charge in [0.05, 0.1) is 35.9 Å². The van der Waals surface area contributed by atoms with Crippen LogP contribution in [0.15, 0.2) is 12.1 Å². The first-order valence-electron chi connectivity index (χ1n) is 12.3. The van der Waals surface area contributed by atoms with Crippen molar-refractivity contribution in [3.8, 4) is 17.1 Å². The van der Waals surface area contributed by atoms with Gasteiger partial charge in [-0.05, 0) is 77.3 Å². The van der Waals surface area contributed by atoms with Crippen molar-refractivity contribution in [2.75, 3.05) is 6.61 Å². The monoisotopic (exact) mass is 472 g/mol. The number of carbonyl (C=O) groups is 1. The molecule has 2 aromatic rings. The Morgan fingerprint density at radius 1 is 1.24 bits per heavy atom. The lowest BCUT2D eigenvalue weighted by atomic mass is 10.0. The topological polar surface area (TPSA) is 97.6 Å². The van der Waals surface area contributed by atoms with Gasteiger partial charge in [-0.2, -0.15) is 0 Å². The van der Waals surface area contributed by atoms with Crippen molar-refractivity contribution < 1.29 is 23.7 Å². The largest absolute Gasteiger partial charge is 0.489 e. The van der Waals surface area contributed by atoms with E-state index in [0.29, 0.717) is 24.6 Å². The molecule has 0 radical (unpaired) electrons. The summed E-state index contributed by atoms with van der Waals surface area (Å²) in [6.45, 7) is 6.80. The molecular formula is C25H36N4O5. The Bertz CT molecular complexity index is 970. The standard InChI is InChI=1S/C25H36N4O5/c1-16(2)33-23(30)14-18-8-9-19(13-18)34-22-11-10-20(26-17(22)3)25-21(29(4)28-27-25)15-32-24-7-5-6-12-31-24/h10-11,16,18-19,24H,5-9,12-15H2,1-4H3. The second kappa shape index (κ2) is 11.3. The smallest absolute Gasteiger partial charge is 0.306 e. The van der Waals surface area contributed by atoms with Crippen molar-refractivity contribution in [3.63, 3.8) is 0 Å². The number of hydrogen-bond donors (Lipinski definition) is 0. The molecule has 9 heteroatoms. The number of carbonyl (C=O) groups excluding carboxylic acids is 1. The first kappa shape index (κ1) is 24.6. The average Bonchev–Trinajstić information content (AvgIpc) is 3.39. The van der Waals surface area contributed by atoms with E-state index in [9.17, 15) is 4.79 Å². The third-order valence-electron chi connectivity index (χ3n) is 6.38. The van der Waals surface area contributed by atoms with Crippen molar-refractivity contribution in [2.45, 2.75) is 90.8 Å². The van der Waals surface area contributed by atoms with Gasteiger partial charge < -0.3 is 18.9 Å². The maximum Gasteiger partial charge on any atom is 0.306 e. The number of pyridine rings is 1. The molecule has 0 bridgehead atoms. The predicted octanol–water partition coefficient (Wildman–Crippen LogP) is 4.12. The molecule has 3 unspecified atom stereocenters. The van der Waals surface area contributed by atoms with Gasteiger partial charge >= 0.3 is 5.97 Å². The Morgan fingerprint density at radius 2 is 2.09 bits per heavy atom. The van der Waals surface area contributed by atoms with E-state index in [0.717, 1.165) is 68.0 Å². The molecule has 186 valence electrons. The summed E-state index contributed by atoms with van der Waals surface area (Å²) < 4.78 is 24.9. The molecule has 2 aromatic heterocycles. The molecule has 34 heavy (non-hydrogen) atoms. The second-order valence-corrected chi connectivity index (χ2v) is 9.56. The zero-order chi connectivity index (χ0) is 24.1. The fraction of sp³-hybridized carbons (Fsp3) is 0.680. The van der Waals surface area contributed by atoms with E-state index >= 15 is 0 Å². The Hall–Kier alpha value is -2.52. The molecule has 0 amide bonds. The molecule has 0 N–H and O–H groups in total. The Kier molecular flexibility index (Phi) is 8.15. The van der Waals surface area contributed by atoms with Gasteiger partial charge in [-0.25, -0.2) is 9.67 Å². The zero-order valence-electron chi connectivity index (χ0n) is 20.7. The van der Waals surface area contributed by atoms with E-state index in [1.54, 1.807) is 4.68 Å². The van der Waals surface area contributed by atoms with Gasteiger partial charge in [0.25, 0.3) is 0 Å². The van der Waals surface area contributed by atoms with Gasteiger partial charge in [0.1, 0.15) is 11.4 Å². The number of rotatable bonds is 9. The van der Waals surface area contributed by atoms with Gasteiger partial charge in [-0.3, -0.25) is 4.79 Å². The third kappa shape index (κ3) is 6.33. The number of aromatic nitrogens is 4. The first-order chi connectivity index (χ1) is 16.4. The zero-order valence-corrected chi connectivity index (χ0v) is 20.7. The van der Waals surface area contributed by atoms with Crippen LogP contribution in [0, 0.1) is 12.8 Å². The molecular weight excluding hydrogens is 436 g/mol. The fourth-order valence-corrected chi connectivity index (χ4v) is 4.60. The highest BCUT2D eigenvalue weighted by Gasteiger charge is 2.29. The van der Waals surface area contributed by atoms with Crippen LogP contribution in [0.5, 0.6) is 5.75 Å². The second-order valence-electron chi connectivity index (χ2n) is 9.56. The highest BCUT2D eigenvalue weighted by Crippen LogP contribution is 2.33. The molecule has 1 aliphatic carbocycles. The molecule has 9 nitrogen and oxygen atoms in total. The minimum Gasteiger partial charge on any atom is -0.489 e. The average molecular weight is 473 g/mol. The third-order valence-corrected chi connectivity index (χ3v) is 6.38. The minimum absolute atomic E-state index is 0.0739. The van der Waals surface area contributed by atoms with Gasteiger partial charge in [-0.1, -0.05) is 5.21 Å². The van der Waals surface area contributed by atoms with Gasteiger partial charge in [0.15, 0.2) is 6.29 Å². The first-order valence-corrected chi connectivity index (χ1v) is 12.3. The van der Waals surface area contributed by atoms with Gasteiger partial charge in [0.2, 0.25) is 0 Å². The molecule has 3 heterocycles. The summed E-state index contributed by atoms with van der Waals surface area (Å²) >= 11 is 0. The van der Waals surface area contributed by atoms with Gasteiger partial charge in [-0.15, -0.1) is 5.10 Å². The van der Waals surface area contributed by atoms with E-state index in [-0.39, 0.29) is 24.5 Å². The predicted molar refractivity (Wildman–Crippen MR) is 125 cm³/mol. The number of aryl methyl sites for hydroxylation is 2. The van der Waals surface area contributed by atoms with Crippen molar-refractivity contribution in [1.82, 2.24) is 20.0 Å². The summed E-state index contributed by atoms with van der Waals surface area (Å²) in [5.74, 6) is 0.942. The van der Waals surface area contributed by atoms with E-state index in [2.05, 4.69) is 10.3 Å². The summed E-state index contributed by atoms with van der Waals surface area (Å²) in [5, 5.41) is 8.51. The molecule has 4 rings (SSSR count). The van der Waals surface area contributed by atoms with Crippen LogP contribution in [-0.2, 0) is 32.7 Å². The SMILES string of the molecule is Cc1nc(-c2nnn(C)c2COC2CCCCO2)ccc1OC1CCC(CC(=O)OC(C)C)C1. The number of hydrogen-bond acceptors (Lipinski definition) is 8. The molecule has 3 atom stereocenters. The molecule has 1 aliphatic heterocycles. The van der Waals surface area contributed by atoms with Crippen molar-refractivity contribution in [3.05, 3.63) is 23.5 Å². The molecule has 1 saturated carbocycles. The van der Waals surface area contributed by atoms with Crippen LogP contribution in [-0.4, -0.2) is 51.1 Å². The summed E-state index contributed by atoms with van der Waals surface area (Å²) in [5.41, 5.74) is 3.11. The van der Waals surface area contributed by atoms with Crippen LogP contribution < -0.4 is 4.74 Å². The van der Waals surface area contributed by atoms with Crippen LogP contribution in [0.2, 0.25) is 0 Å². The molecule has 0 spiro atoms. The normalized spacial score (nSPS) is 22.8. The van der Waals surface area contributed by atoms with Crippen molar-refractivity contribution in [2.24, 2.45) is 13.0 Å².